The molecule has 0 spiro atoms. The lowest BCUT2D eigenvalue weighted by Crippen LogP contribution is -2.14. The summed E-state index contributed by atoms with van der Waals surface area (Å²) < 4.78 is 0.963. The van der Waals surface area contributed by atoms with Crippen LogP contribution in [-0.4, -0.2) is 40.8 Å². The van der Waals surface area contributed by atoms with E-state index < -0.39 is 0 Å². The molecule has 0 bridgehead atoms. The summed E-state index contributed by atoms with van der Waals surface area (Å²) in [6, 6.07) is 0. The first-order valence-electron chi connectivity index (χ1n) is 5.02. The summed E-state index contributed by atoms with van der Waals surface area (Å²) in [6.07, 6.45) is 2.97. The first-order chi connectivity index (χ1) is 7.16. The Hall–Kier alpha value is -0.330. The molecule has 0 aliphatic heterocycles. The first-order valence-corrected chi connectivity index (χ1v) is 6.72. The van der Waals surface area contributed by atoms with E-state index in [1.807, 2.05) is 19.0 Å². The number of thioether (sulfide) groups is 1. The topological polar surface area (TPSA) is 49.2 Å². The second-order valence-corrected chi connectivity index (χ2v) is 6.34. The molecule has 1 heterocycles. The lowest BCUT2D eigenvalue weighted by Gasteiger charge is -2.10. The van der Waals surface area contributed by atoms with Crippen molar-refractivity contribution in [1.82, 2.24) is 10.2 Å². The number of rotatable bonds is 3. The normalized spacial score (nSPS) is 25.8. The van der Waals surface area contributed by atoms with Crippen LogP contribution in [0.5, 0.6) is 0 Å². The summed E-state index contributed by atoms with van der Waals surface area (Å²) in [4.78, 5) is 1.95. The zero-order valence-electron chi connectivity index (χ0n) is 8.88. The summed E-state index contributed by atoms with van der Waals surface area (Å²) in [6.45, 7) is 0. The SMILES string of the molecule is CN(C)c1nnc(S[C@H]2CCC[C@@H]2O)s1. The highest BCUT2D eigenvalue weighted by Crippen LogP contribution is 2.37. The lowest BCUT2D eigenvalue weighted by molar-refractivity contribution is 0.188. The highest BCUT2D eigenvalue weighted by atomic mass is 32.2. The van der Waals surface area contributed by atoms with Crippen molar-refractivity contribution in [2.75, 3.05) is 19.0 Å². The molecule has 1 N–H and O–H groups in total. The van der Waals surface area contributed by atoms with Crippen LogP contribution in [0.2, 0.25) is 0 Å². The van der Waals surface area contributed by atoms with Crippen LogP contribution in [0.25, 0.3) is 0 Å². The van der Waals surface area contributed by atoms with Crippen molar-refractivity contribution in [2.24, 2.45) is 0 Å². The highest BCUT2D eigenvalue weighted by Gasteiger charge is 2.27. The predicted octanol–water partition coefficient (Wildman–Crippen LogP) is 1.61. The van der Waals surface area contributed by atoms with Gasteiger partial charge in [0, 0.05) is 19.3 Å². The van der Waals surface area contributed by atoms with Crippen LogP contribution in [0.15, 0.2) is 4.34 Å². The lowest BCUT2D eigenvalue weighted by atomic mass is 10.3. The first kappa shape index (κ1) is 11.2. The van der Waals surface area contributed by atoms with Gasteiger partial charge in [-0.05, 0) is 19.3 Å². The Morgan fingerprint density at radius 2 is 2.20 bits per heavy atom. The molecule has 2 rings (SSSR count). The minimum atomic E-state index is -0.165. The maximum atomic E-state index is 9.69. The molecule has 6 heteroatoms. The molecule has 0 aromatic carbocycles. The fraction of sp³-hybridized carbons (Fsp3) is 0.778. The number of aliphatic hydroxyl groups excluding tert-OH is 1. The van der Waals surface area contributed by atoms with Gasteiger partial charge in [0.25, 0.3) is 0 Å². The molecule has 1 aromatic heterocycles. The van der Waals surface area contributed by atoms with Gasteiger partial charge >= 0.3 is 0 Å². The zero-order valence-corrected chi connectivity index (χ0v) is 10.5. The average molecular weight is 245 g/mol. The molecule has 15 heavy (non-hydrogen) atoms. The number of anilines is 1. The molecule has 4 nitrogen and oxygen atoms in total. The molecular weight excluding hydrogens is 230 g/mol. The summed E-state index contributed by atoms with van der Waals surface area (Å²) in [5, 5.41) is 19.1. The predicted molar refractivity (Wildman–Crippen MR) is 63.7 cm³/mol. The number of nitrogens with zero attached hydrogens (tertiary/aromatic N) is 3. The van der Waals surface area contributed by atoms with Crippen LogP contribution in [0.4, 0.5) is 5.13 Å². The van der Waals surface area contributed by atoms with E-state index in [1.54, 1.807) is 23.1 Å². The van der Waals surface area contributed by atoms with Gasteiger partial charge in [0.1, 0.15) is 0 Å². The van der Waals surface area contributed by atoms with Gasteiger partial charge in [0.15, 0.2) is 4.34 Å². The third-order valence-corrected chi connectivity index (χ3v) is 5.01. The van der Waals surface area contributed by atoms with Crippen LogP contribution in [-0.2, 0) is 0 Å². The summed E-state index contributed by atoms with van der Waals surface area (Å²) >= 11 is 3.25. The average Bonchev–Trinajstić information content (AvgIpc) is 2.77. The van der Waals surface area contributed by atoms with E-state index in [4.69, 9.17) is 0 Å². The van der Waals surface area contributed by atoms with Crippen LogP contribution in [0, 0.1) is 0 Å². The van der Waals surface area contributed by atoms with Crippen LogP contribution >= 0.6 is 23.1 Å². The van der Waals surface area contributed by atoms with Crippen LogP contribution < -0.4 is 4.90 Å². The van der Waals surface area contributed by atoms with Gasteiger partial charge in [-0.3, -0.25) is 0 Å². The van der Waals surface area contributed by atoms with E-state index in [-0.39, 0.29) is 6.10 Å². The maximum Gasteiger partial charge on any atom is 0.208 e. The molecule has 0 unspecified atom stereocenters. The molecule has 2 atom stereocenters. The molecule has 0 amide bonds. The van der Waals surface area contributed by atoms with Crippen LogP contribution in [0.3, 0.4) is 0 Å². The second-order valence-electron chi connectivity index (χ2n) is 3.90. The molecule has 1 saturated carbocycles. The molecule has 1 aromatic rings. The number of hydrogen-bond acceptors (Lipinski definition) is 6. The van der Waals surface area contributed by atoms with Gasteiger partial charge in [-0.15, -0.1) is 10.2 Å². The van der Waals surface area contributed by atoms with E-state index in [1.165, 1.54) is 0 Å². The number of aliphatic hydroxyl groups is 1. The zero-order chi connectivity index (χ0) is 10.8. The van der Waals surface area contributed by atoms with E-state index >= 15 is 0 Å². The van der Waals surface area contributed by atoms with Crippen molar-refractivity contribution in [1.29, 1.82) is 0 Å². The standard InChI is InChI=1S/C9H15N3OS2/c1-12(2)8-10-11-9(15-8)14-7-5-3-4-6(7)13/h6-7,13H,3-5H2,1-2H3/t6-,7-/m0/s1. The van der Waals surface area contributed by atoms with E-state index in [2.05, 4.69) is 10.2 Å². The highest BCUT2D eigenvalue weighted by molar-refractivity contribution is 8.01. The van der Waals surface area contributed by atoms with E-state index in [9.17, 15) is 5.11 Å². The quantitative estimate of drug-likeness (QED) is 0.876. The van der Waals surface area contributed by atoms with Gasteiger partial charge in [0.2, 0.25) is 5.13 Å². The van der Waals surface area contributed by atoms with Gasteiger partial charge < -0.3 is 10.0 Å². The Bertz CT molecular complexity index is 329. The minimum absolute atomic E-state index is 0.165. The summed E-state index contributed by atoms with van der Waals surface area (Å²) in [5.41, 5.74) is 0. The molecule has 1 fully saturated rings. The molecule has 1 aliphatic carbocycles. The Balaban J connectivity index is 1.98. The van der Waals surface area contributed by atoms with Gasteiger partial charge in [-0.25, -0.2) is 0 Å². The van der Waals surface area contributed by atoms with Crippen molar-refractivity contribution in [3.63, 3.8) is 0 Å². The van der Waals surface area contributed by atoms with E-state index in [0.717, 1.165) is 28.7 Å². The van der Waals surface area contributed by atoms with Crippen molar-refractivity contribution in [3.05, 3.63) is 0 Å². The Labute approximate surface area is 97.7 Å². The largest absolute Gasteiger partial charge is 0.392 e. The third-order valence-electron chi connectivity index (χ3n) is 2.45. The second kappa shape index (κ2) is 4.67. The third kappa shape index (κ3) is 2.62. The number of hydrogen-bond donors (Lipinski definition) is 1. The van der Waals surface area contributed by atoms with Crippen molar-refractivity contribution in [2.45, 2.75) is 35.0 Å². The van der Waals surface area contributed by atoms with Gasteiger partial charge in [-0.1, -0.05) is 23.1 Å². The monoisotopic (exact) mass is 245 g/mol. The van der Waals surface area contributed by atoms with Crippen molar-refractivity contribution < 1.29 is 5.11 Å². The number of aromatic nitrogens is 2. The van der Waals surface area contributed by atoms with Gasteiger partial charge in [-0.2, -0.15) is 0 Å². The molecule has 0 radical (unpaired) electrons. The van der Waals surface area contributed by atoms with Crippen molar-refractivity contribution in [3.8, 4) is 0 Å². The fourth-order valence-electron chi connectivity index (χ4n) is 1.60. The molecule has 84 valence electrons. The summed E-state index contributed by atoms with van der Waals surface area (Å²) in [5.74, 6) is 0. The minimum Gasteiger partial charge on any atom is -0.392 e. The molecule has 0 saturated heterocycles. The Kier molecular flexibility index (Phi) is 3.48. The smallest absolute Gasteiger partial charge is 0.208 e. The Morgan fingerprint density at radius 1 is 1.40 bits per heavy atom. The van der Waals surface area contributed by atoms with Crippen molar-refractivity contribution >= 4 is 28.2 Å². The molecular formula is C9H15N3OS2. The maximum absolute atomic E-state index is 9.69. The van der Waals surface area contributed by atoms with Gasteiger partial charge in [0.05, 0.1) is 6.10 Å². The van der Waals surface area contributed by atoms with Crippen LogP contribution in [0.1, 0.15) is 19.3 Å². The van der Waals surface area contributed by atoms with E-state index in [0.29, 0.717) is 5.25 Å². The summed E-state index contributed by atoms with van der Waals surface area (Å²) in [7, 11) is 3.92. The fourth-order valence-corrected chi connectivity index (χ4v) is 3.82. The Morgan fingerprint density at radius 3 is 2.73 bits per heavy atom. The molecule has 1 aliphatic rings.